The lowest BCUT2D eigenvalue weighted by molar-refractivity contribution is 0.00844. The Bertz CT molecular complexity index is 350. The second-order valence-electron chi connectivity index (χ2n) is 5.25. The van der Waals surface area contributed by atoms with Crippen LogP contribution in [0.25, 0.3) is 0 Å². The van der Waals surface area contributed by atoms with Gasteiger partial charge < -0.3 is 10.1 Å². The molecule has 3 nitrogen and oxygen atoms in total. The number of methoxy groups -OCH3 is 1. The van der Waals surface area contributed by atoms with Crippen molar-refractivity contribution in [2.75, 3.05) is 7.11 Å². The van der Waals surface area contributed by atoms with Crippen molar-refractivity contribution < 1.29 is 4.74 Å². The molecule has 1 aromatic rings. The highest BCUT2D eigenvalue weighted by Crippen LogP contribution is 2.15. The average Bonchev–Trinajstić information content (AvgIpc) is 2.27. The zero-order valence-electron chi connectivity index (χ0n) is 11.6. The molecule has 17 heavy (non-hydrogen) atoms. The lowest BCUT2D eigenvalue weighted by Gasteiger charge is -2.27. The zero-order chi connectivity index (χ0) is 12.9. The van der Waals surface area contributed by atoms with Crippen LogP contribution in [0.2, 0.25) is 0 Å². The Morgan fingerprint density at radius 2 is 2.18 bits per heavy atom. The molecule has 0 bridgehead atoms. The Morgan fingerprint density at radius 1 is 1.47 bits per heavy atom. The first kappa shape index (κ1) is 14.1. The van der Waals surface area contributed by atoms with Gasteiger partial charge in [-0.3, -0.25) is 4.98 Å². The number of rotatable bonds is 6. The van der Waals surface area contributed by atoms with Crippen molar-refractivity contribution in [3.63, 3.8) is 0 Å². The van der Waals surface area contributed by atoms with E-state index in [4.69, 9.17) is 4.74 Å². The van der Waals surface area contributed by atoms with Gasteiger partial charge in [0.05, 0.1) is 5.60 Å². The van der Waals surface area contributed by atoms with Crippen molar-refractivity contribution in [2.45, 2.75) is 52.3 Å². The average molecular weight is 236 g/mol. The smallest absolute Gasteiger partial charge is 0.0637 e. The fraction of sp³-hybridized carbons (Fsp3) is 0.643. The first-order valence-electron chi connectivity index (χ1n) is 6.12. The quantitative estimate of drug-likeness (QED) is 0.824. The molecule has 3 heteroatoms. The van der Waals surface area contributed by atoms with E-state index in [0.717, 1.165) is 13.0 Å². The summed E-state index contributed by atoms with van der Waals surface area (Å²) in [7, 11) is 1.76. The molecule has 1 atom stereocenters. The minimum Gasteiger partial charge on any atom is -0.379 e. The largest absolute Gasteiger partial charge is 0.379 e. The Labute approximate surface area is 105 Å². The van der Waals surface area contributed by atoms with E-state index in [1.807, 2.05) is 12.4 Å². The van der Waals surface area contributed by atoms with Gasteiger partial charge in [-0.15, -0.1) is 0 Å². The van der Waals surface area contributed by atoms with Crippen LogP contribution in [-0.2, 0) is 11.3 Å². The number of ether oxygens (including phenoxy) is 1. The summed E-state index contributed by atoms with van der Waals surface area (Å²) in [5.74, 6) is 0. The summed E-state index contributed by atoms with van der Waals surface area (Å²) in [5, 5.41) is 3.52. The summed E-state index contributed by atoms with van der Waals surface area (Å²) in [6, 6.07) is 2.49. The maximum atomic E-state index is 5.43. The van der Waals surface area contributed by atoms with Crippen LogP contribution in [0.3, 0.4) is 0 Å². The first-order chi connectivity index (χ1) is 7.94. The van der Waals surface area contributed by atoms with Crippen LogP contribution in [0.5, 0.6) is 0 Å². The minimum atomic E-state index is -0.0697. The molecule has 0 saturated heterocycles. The summed E-state index contributed by atoms with van der Waals surface area (Å²) in [5.41, 5.74) is 2.47. The van der Waals surface area contributed by atoms with Crippen molar-refractivity contribution in [3.05, 3.63) is 29.6 Å². The molecule has 0 fully saturated rings. The Balaban J connectivity index is 2.44. The van der Waals surface area contributed by atoms with E-state index in [1.54, 1.807) is 7.11 Å². The molecular weight excluding hydrogens is 212 g/mol. The van der Waals surface area contributed by atoms with Crippen molar-refractivity contribution >= 4 is 0 Å². The molecule has 0 aromatic carbocycles. The van der Waals surface area contributed by atoms with Gasteiger partial charge >= 0.3 is 0 Å². The van der Waals surface area contributed by atoms with Crippen LogP contribution in [0, 0.1) is 6.92 Å². The molecule has 0 aliphatic carbocycles. The van der Waals surface area contributed by atoms with Crippen LogP contribution >= 0.6 is 0 Å². The molecule has 1 unspecified atom stereocenters. The fourth-order valence-electron chi connectivity index (χ4n) is 1.88. The third-order valence-corrected chi connectivity index (χ3v) is 3.13. The van der Waals surface area contributed by atoms with Gasteiger partial charge in [-0.1, -0.05) is 0 Å². The van der Waals surface area contributed by atoms with E-state index in [9.17, 15) is 0 Å². The predicted octanol–water partition coefficient (Wildman–Crippen LogP) is 2.68. The zero-order valence-corrected chi connectivity index (χ0v) is 11.6. The summed E-state index contributed by atoms with van der Waals surface area (Å²) >= 11 is 0. The van der Waals surface area contributed by atoms with Gasteiger partial charge in [0.2, 0.25) is 0 Å². The maximum Gasteiger partial charge on any atom is 0.0637 e. The highest BCUT2D eigenvalue weighted by atomic mass is 16.5. The number of nitrogens with zero attached hydrogens (tertiary/aromatic N) is 1. The van der Waals surface area contributed by atoms with E-state index < -0.39 is 0 Å². The van der Waals surface area contributed by atoms with Gasteiger partial charge in [0.15, 0.2) is 0 Å². The summed E-state index contributed by atoms with van der Waals surface area (Å²) in [6.07, 6.45) is 4.74. The molecule has 0 aliphatic heterocycles. The van der Waals surface area contributed by atoms with Gasteiger partial charge in [0, 0.05) is 32.1 Å². The third-order valence-electron chi connectivity index (χ3n) is 3.13. The molecular formula is C14H24N2O. The predicted molar refractivity (Wildman–Crippen MR) is 71.0 cm³/mol. The van der Waals surface area contributed by atoms with Crippen molar-refractivity contribution in [2.24, 2.45) is 0 Å². The summed E-state index contributed by atoms with van der Waals surface area (Å²) in [6.45, 7) is 9.39. The molecule has 0 spiro atoms. The number of hydrogen-bond acceptors (Lipinski definition) is 3. The van der Waals surface area contributed by atoms with E-state index >= 15 is 0 Å². The number of aromatic nitrogens is 1. The first-order valence-corrected chi connectivity index (χ1v) is 6.12. The van der Waals surface area contributed by atoms with Crippen LogP contribution < -0.4 is 5.32 Å². The lowest BCUT2D eigenvalue weighted by atomic mass is 9.99. The van der Waals surface area contributed by atoms with E-state index in [0.29, 0.717) is 6.04 Å². The topological polar surface area (TPSA) is 34.1 Å². The van der Waals surface area contributed by atoms with E-state index in [2.05, 4.69) is 44.1 Å². The fourth-order valence-corrected chi connectivity index (χ4v) is 1.88. The van der Waals surface area contributed by atoms with Crippen molar-refractivity contribution in [1.82, 2.24) is 10.3 Å². The van der Waals surface area contributed by atoms with Gasteiger partial charge in [-0.25, -0.2) is 0 Å². The second kappa shape index (κ2) is 6.12. The Hall–Kier alpha value is -0.930. The van der Waals surface area contributed by atoms with E-state index in [-0.39, 0.29) is 5.60 Å². The van der Waals surface area contributed by atoms with Crippen LogP contribution in [0.15, 0.2) is 18.5 Å². The standard InChI is InChI=1S/C14H24N2O/c1-11-9-15-7-6-13(11)10-16-12(2)8-14(3,4)17-5/h6-7,9,12,16H,8,10H2,1-5H3. The molecule has 0 amide bonds. The second-order valence-corrected chi connectivity index (χ2v) is 5.25. The van der Waals surface area contributed by atoms with Crippen LogP contribution in [-0.4, -0.2) is 23.7 Å². The number of nitrogens with one attached hydrogen (secondary N) is 1. The van der Waals surface area contributed by atoms with Crippen molar-refractivity contribution in [3.8, 4) is 0 Å². The third kappa shape index (κ3) is 4.84. The maximum absolute atomic E-state index is 5.43. The lowest BCUT2D eigenvalue weighted by Crippen LogP contribution is -2.35. The Morgan fingerprint density at radius 3 is 2.76 bits per heavy atom. The van der Waals surface area contributed by atoms with E-state index in [1.165, 1.54) is 11.1 Å². The van der Waals surface area contributed by atoms with Gasteiger partial charge in [-0.2, -0.15) is 0 Å². The molecule has 1 rings (SSSR count). The number of hydrogen-bond donors (Lipinski definition) is 1. The summed E-state index contributed by atoms with van der Waals surface area (Å²) in [4.78, 5) is 4.10. The SMILES string of the molecule is COC(C)(C)CC(C)NCc1ccncc1C. The highest BCUT2D eigenvalue weighted by molar-refractivity contribution is 5.21. The minimum absolute atomic E-state index is 0.0697. The van der Waals surface area contributed by atoms with Crippen LogP contribution in [0.1, 0.15) is 38.3 Å². The van der Waals surface area contributed by atoms with Crippen LogP contribution in [0.4, 0.5) is 0 Å². The van der Waals surface area contributed by atoms with Gasteiger partial charge in [0.25, 0.3) is 0 Å². The Kier molecular flexibility index (Phi) is 5.09. The highest BCUT2D eigenvalue weighted by Gasteiger charge is 2.19. The molecule has 0 aliphatic rings. The molecule has 1 heterocycles. The van der Waals surface area contributed by atoms with Crippen molar-refractivity contribution in [1.29, 1.82) is 0 Å². The summed E-state index contributed by atoms with van der Waals surface area (Å²) < 4.78 is 5.43. The molecule has 1 N–H and O–H groups in total. The van der Waals surface area contributed by atoms with Gasteiger partial charge in [0.1, 0.15) is 0 Å². The number of aryl methyl sites for hydroxylation is 1. The number of pyridine rings is 1. The van der Waals surface area contributed by atoms with Gasteiger partial charge in [-0.05, 0) is 51.3 Å². The monoisotopic (exact) mass is 236 g/mol. The molecule has 0 radical (unpaired) electrons. The normalized spacial score (nSPS) is 13.7. The molecule has 96 valence electrons. The molecule has 1 aromatic heterocycles. The molecule has 0 saturated carbocycles.